The molecule has 8 nitrogen and oxygen atoms in total. The van der Waals surface area contributed by atoms with E-state index >= 15 is 0 Å². The van der Waals surface area contributed by atoms with Gasteiger partial charge in [0.15, 0.2) is 11.5 Å². The molecule has 0 radical (unpaired) electrons. The predicted molar refractivity (Wildman–Crippen MR) is 100 cm³/mol. The largest absolute Gasteiger partial charge is 0.486 e. The highest BCUT2D eigenvalue weighted by Crippen LogP contribution is 2.32. The summed E-state index contributed by atoms with van der Waals surface area (Å²) in [6, 6.07) is 5.62. The second kappa shape index (κ2) is 7.69. The Balaban J connectivity index is 1.33. The third-order valence-corrected chi connectivity index (χ3v) is 4.85. The van der Waals surface area contributed by atoms with Gasteiger partial charge in [0, 0.05) is 38.6 Å². The van der Waals surface area contributed by atoms with Gasteiger partial charge in [0.1, 0.15) is 19.0 Å². The first kappa shape index (κ1) is 17.4. The smallest absolute Gasteiger partial charge is 0.317 e. The van der Waals surface area contributed by atoms with Crippen molar-refractivity contribution in [2.45, 2.75) is 13.0 Å². The Labute approximate surface area is 158 Å². The van der Waals surface area contributed by atoms with Gasteiger partial charge in [-0.3, -0.25) is 4.98 Å². The van der Waals surface area contributed by atoms with Crippen LogP contribution < -0.4 is 19.7 Å². The van der Waals surface area contributed by atoms with Gasteiger partial charge in [-0.25, -0.2) is 9.78 Å². The Hall–Kier alpha value is -3.03. The van der Waals surface area contributed by atoms with E-state index in [9.17, 15) is 4.79 Å². The minimum atomic E-state index is -0.119. The number of nitrogens with one attached hydrogen (secondary N) is 1. The van der Waals surface area contributed by atoms with Gasteiger partial charge in [0.05, 0.1) is 12.2 Å². The summed E-state index contributed by atoms with van der Waals surface area (Å²) >= 11 is 0. The summed E-state index contributed by atoms with van der Waals surface area (Å²) in [6.45, 7) is 5.87. The molecule has 0 saturated carbocycles. The normalized spacial score (nSPS) is 17.4. The van der Waals surface area contributed by atoms with Gasteiger partial charge >= 0.3 is 6.03 Å². The van der Waals surface area contributed by atoms with E-state index in [-0.39, 0.29) is 12.1 Å². The summed E-state index contributed by atoms with van der Waals surface area (Å²) in [6.07, 6.45) is 5.09. The lowest BCUT2D eigenvalue weighted by molar-refractivity contribution is 0.171. The first-order valence-electron chi connectivity index (χ1n) is 9.16. The zero-order chi connectivity index (χ0) is 18.6. The van der Waals surface area contributed by atoms with Crippen LogP contribution in [-0.4, -0.2) is 60.3 Å². The second-order valence-electron chi connectivity index (χ2n) is 6.61. The minimum absolute atomic E-state index is 0.0591. The molecule has 8 heteroatoms. The molecule has 1 atom stereocenters. The molecular weight excluding hydrogens is 346 g/mol. The van der Waals surface area contributed by atoms with E-state index in [4.69, 9.17) is 9.47 Å². The number of benzene rings is 1. The molecule has 2 aliphatic rings. The number of nitrogens with zero attached hydrogens (tertiary/aromatic N) is 4. The number of rotatable bonds is 3. The van der Waals surface area contributed by atoms with Crippen LogP contribution in [0.3, 0.4) is 0 Å². The molecule has 2 amide bonds. The summed E-state index contributed by atoms with van der Waals surface area (Å²) < 4.78 is 11.2. The maximum Gasteiger partial charge on any atom is 0.317 e. The Bertz CT molecular complexity index is 793. The number of ether oxygens (including phenoxy) is 2. The lowest BCUT2D eigenvalue weighted by atomic mass is 10.1. The monoisotopic (exact) mass is 369 g/mol. The van der Waals surface area contributed by atoms with Crippen LogP contribution in [0, 0.1) is 0 Å². The highest BCUT2D eigenvalue weighted by atomic mass is 16.6. The topological polar surface area (TPSA) is 79.8 Å². The fourth-order valence-electron chi connectivity index (χ4n) is 3.28. The summed E-state index contributed by atoms with van der Waals surface area (Å²) in [5, 5.41) is 3.07. The van der Waals surface area contributed by atoms with E-state index < -0.39 is 0 Å². The van der Waals surface area contributed by atoms with Crippen LogP contribution in [0.15, 0.2) is 36.8 Å². The SMILES string of the molecule is C[C@H](NC(=O)N1CCN(c2cnccn2)CC1)c1ccc2c(c1)OCCO2. The summed E-state index contributed by atoms with van der Waals surface area (Å²) in [5.41, 5.74) is 0.991. The van der Waals surface area contributed by atoms with Crippen LogP contribution in [-0.2, 0) is 0 Å². The minimum Gasteiger partial charge on any atom is -0.486 e. The van der Waals surface area contributed by atoms with Crippen molar-refractivity contribution in [2.24, 2.45) is 0 Å². The van der Waals surface area contributed by atoms with Crippen LogP contribution in [0.5, 0.6) is 11.5 Å². The number of piperazine rings is 1. The number of fused-ring (bicyclic) bond motifs is 1. The van der Waals surface area contributed by atoms with Gasteiger partial charge in [0.2, 0.25) is 0 Å². The molecule has 2 aliphatic heterocycles. The fraction of sp³-hybridized carbons (Fsp3) is 0.421. The van der Waals surface area contributed by atoms with Crippen LogP contribution in [0.2, 0.25) is 0 Å². The Morgan fingerprint density at radius 1 is 1.11 bits per heavy atom. The summed E-state index contributed by atoms with van der Waals surface area (Å²) in [4.78, 5) is 25.0. The molecule has 27 heavy (non-hydrogen) atoms. The van der Waals surface area contributed by atoms with Crippen LogP contribution in [0.25, 0.3) is 0 Å². The molecular formula is C19H23N5O3. The van der Waals surface area contributed by atoms with E-state index in [1.54, 1.807) is 18.6 Å². The number of carbonyl (C=O) groups excluding carboxylic acids is 1. The number of hydrogen-bond donors (Lipinski definition) is 1. The lowest BCUT2D eigenvalue weighted by Gasteiger charge is -2.35. The number of anilines is 1. The van der Waals surface area contributed by atoms with Gasteiger partial charge in [-0.1, -0.05) is 6.07 Å². The molecule has 1 saturated heterocycles. The van der Waals surface area contributed by atoms with Gasteiger partial charge in [-0.05, 0) is 24.6 Å². The quantitative estimate of drug-likeness (QED) is 0.889. The van der Waals surface area contributed by atoms with E-state index in [1.807, 2.05) is 30.0 Å². The highest BCUT2D eigenvalue weighted by molar-refractivity contribution is 5.75. The Morgan fingerprint density at radius 3 is 2.63 bits per heavy atom. The Kier molecular flexibility index (Phi) is 4.95. The van der Waals surface area contributed by atoms with Crippen molar-refractivity contribution in [1.29, 1.82) is 0 Å². The molecule has 142 valence electrons. The van der Waals surface area contributed by atoms with Crippen LogP contribution in [0.4, 0.5) is 10.6 Å². The molecule has 1 fully saturated rings. The van der Waals surface area contributed by atoms with Crippen LogP contribution in [0.1, 0.15) is 18.5 Å². The Morgan fingerprint density at radius 2 is 1.89 bits per heavy atom. The number of aromatic nitrogens is 2. The lowest BCUT2D eigenvalue weighted by Crippen LogP contribution is -2.52. The third-order valence-electron chi connectivity index (χ3n) is 4.85. The van der Waals surface area contributed by atoms with Crippen LogP contribution >= 0.6 is 0 Å². The molecule has 0 spiro atoms. The molecule has 1 aromatic carbocycles. The maximum atomic E-state index is 12.6. The zero-order valence-corrected chi connectivity index (χ0v) is 15.3. The fourth-order valence-corrected chi connectivity index (χ4v) is 3.28. The number of amides is 2. The molecule has 1 N–H and O–H groups in total. The van der Waals surface area contributed by atoms with Crippen molar-refractivity contribution in [3.05, 3.63) is 42.4 Å². The van der Waals surface area contributed by atoms with E-state index in [1.165, 1.54) is 0 Å². The van der Waals surface area contributed by atoms with Crippen molar-refractivity contribution < 1.29 is 14.3 Å². The first-order valence-corrected chi connectivity index (χ1v) is 9.16. The van der Waals surface area contributed by atoms with Crippen molar-refractivity contribution in [1.82, 2.24) is 20.2 Å². The van der Waals surface area contributed by atoms with Crippen molar-refractivity contribution in [3.8, 4) is 11.5 Å². The van der Waals surface area contributed by atoms with Crippen molar-refractivity contribution in [2.75, 3.05) is 44.3 Å². The molecule has 0 bridgehead atoms. The summed E-state index contributed by atoms with van der Waals surface area (Å²) in [7, 11) is 0. The van der Waals surface area contributed by atoms with Crippen molar-refractivity contribution in [3.63, 3.8) is 0 Å². The first-order chi connectivity index (χ1) is 13.2. The highest BCUT2D eigenvalue weighted by Gasteiger charge is 2.23. The third kappa shape index (κ3) is 3.89. The number of carbonyl (C=O) groups is 1. The maximum absolute atomic E-state index is 12.6. The molecule has 2 aromatic rings. The average molecular weight is 369 g/mol. The molecule has 0 unspecified atom stereocenters. The van der Waals surface area contributed by atoms with E-state index in [2.05, 4.69) is 20.2 Å². The van der Waals surface area contributed by atoms with Crippen molar-refractivity contribution >= 4 is 11.8 Å². The number of hydrogen-bond acceptors (Lipinski definition) is 6. The zero-order valence-electron chi connectivity index (χ0n) is 15.3. The molecule has 1 aromatic heterocycles. The molecule has 0 aliphatic carbocycles. The molecule has 3 heterocycles. The van der Waals surface area contributed by atoms with E-state index in [0.29, 0.717) is 26.3 Å². The van der Waals surface area contributed by atoms with Gasteiger partial charge in [0.25, 0.3) is 0 Å². The van der Waals surface area contributed by atoms with Gasteiger partial charge in [-0.15, -0.1) is 0 Å². The molecule has 4 rings (SSSR count). The predicted octanol–water partition coefficient (Wildman–Crippen LogP) is 1.84. The van der Waals surface area contributed by atoms with E-state index in [0.717, 1.165) is 36.0 Å². The van der Waals surface area contributed by atoms with Gasteiger partial charge in [-0.2, -0.15) is 0 Å². The average Bonchev–Trinajstić information content (AvgIpc) is 2.74. The number of urea groups is 1. The van der Waals surface area contributed by atoms with Gasteiger partial charge < -0.3 is 24.6 Å². The standard InChI is InChI=1S/C19H23N5O3/c1-14(15-2-3-16-17(12-15)27-11-10-26-16)22-19(25)24-8-6-23(7-9-24)18-13-20-4-5-21-18/h2-5,12-14H,6-11H2,1H3,(H,22,25)/t14-/m0/s1. The summed E-state index contributed by atoms with van der Waals surface area (Å²) in [5.74, 6) is 2.34. The second-order valence-corrected chi connectivity index (χ2v) is 6.61.